The SMILES string of the molecule is O=C(O)c1ccc(C(=O)O)cc1.OCC(O)CCCC(O)O. The molecule has 0 saturated carbocycles. The number of benzene rings is 1. The minimum atomic E-state index is -1.30. The Balaban J connectivity index is 0.000000409. The Hall–Kier alpha value is -2.00. The van der Waals surface area contributed by atoms with Crippen LogP contribution in [0.3, 0.4) is 0 Å². The van der Waals surface area contributed by atoms with Crippen LogP contribution in [0.15, 0.2) is 24.3 Å². The highest BCUT2D eigenvalue weighted by Crippen LogP contribution is 2.04. The van der Waals surface area contributed by atoms with E-state index in [1.165, 1.54) is 24.3 Å². The van der Waals surface area contributed by atoms with E-state index < -0.39 is 24.3 Å². The van der Waals surface area contributed by atoms with Crippen molar-refractivity contribution < 1.29 is 40.2 Å². The number of carbonyl (C=O) groups is 2. The van der Waals surface area contributed by atoms with Gasteiger partial charge >= 0.3 is 11.9 Å². The molecule has 0 saturated heterocycles. The van der Waals surface area contributed by atoms with E-state index in [9.17, 15) is 9.59 Å². The quantitative estimate of drug-likeness (QED) is 0.381. The summed E-state index contributed by atoms with van der Waals surface area (Å²) in [5.41, 5.74) is 0.167. The Morgan fingerprint density at radius 3 is 1.55 bits per heavy atom. The van der Waals surface area contributed by atoms with Crippen molar-refractivity contribution in [3.8, 4) is 0 Å². The second-order valence-corrected chi connectivity index (χ2v) is 4.44. The van der Waals surface area contributed by atoms with Crippen molar-refractivity contribution in [2.45, 2.75) is 31.7 Å². The molecule has 1 aromatic rings. The molecule has 0 aliphatic carbocycles. The Bertz CT molecular complexity index is 421. The molecule has 0 spiro atoms. The van der Waals surface area contributed by atoms with Gasteiger partial charge in [0.25, 0.3) is 0 Å². The van der Waals surface area contributed by atoms with E-state index in [0.29, 0.717) is 12.8 Å². The third kappa shape index (κ3) is 9.03. The van der Waals surface area contributed by atoms with Crippen molar-refractivity contribution >= 4 is 11.9 Å². The first kappa shape index (κ1) is 20.0. The summed E-state index contributed by atoms with van der Waals surface area (Å²) in [6, 6.07) is 5.02. The van der Waals surface area contributed by atoms with Gasteiger partial charge in [-0.05, 0) is 43.5 Å². The van der Waals surface area contributed by atoms with Gasteiger partial charge in [-0.25, -0.2) is 9.59 Å². The van der Waals surface area contributed by atoms with Crippen molar-refractivity contribution in [2.24, 2.45) is 0 Å². The summed E-state index contributed by atoms with van der Waals surface area (Å²) in [7, 11) is 0. The first-order chi connectivity index (χ1) is 10.3. The first-order valence-electron chi connectivity index (χ1n) is 6.49. The molecule has 8 heteroatoms. The molecular weight excluding hydrogens is 296 g/mol. The fourth-order valence-electron chi connectivity index (χ4n) is 1.38. The number of carboxylic acids is 2. The van der Waals surface area contributed by atoms with Gasteiger partial charge in [0.15, 0.2) is 6.29 Å². The lowest BCUT2D eigenvalue weighted by molar-refractivity contribution is -0.0487. The normalized spacial score (nSPS) is 11.5. The average molecular weight is 316 g/mol. The summed E-state index contributed by atoms with van der Waals surface area (Å²) >= 11 is 0. The number of hydrogen-bond donors (Lipinski definition) is 6. The number of aliphatic hydroxyl groups is 4. The highest BCUT2D eigenvalue weighted by Gasteiger charge is 2.05. The zero-order valence-electron chi connectivity index (χ0n) is 11.8. The second kappa shape index (κ2) is 10.7. The fourth-order valence-corrected chi connectivity index (χ4v) is 1.38. The van der Waals surface area contributed by atoms with Gasteiger partial charge in [-0.15, -0.1) is 0 Å². The second-order valence-electron chi connectivity index (χ2n) is 4.44. The van der Waals surface area contributed by atoms with Crippen LogP contribution in [-0.2, 0) is 0 Å². The van der Waals surface area contributed by atoms with E-state index in [0.717, 1.165) is 0 Å². The van der Waals surface area contributed by atoms with E-state index in [4.69, 9.17) is 30.6 Å². The van der Waals surface area contributed by atoms with Crippen molar-refractivity contribution in [1.29, 1.82) is 0 Å². The number of carboxylic acid groups (broad SMARTS) is 2. The van der Waals surface area contributed by atoms with Gasteiger partial charge < -0.3 is 30.6 Å². The van der Waals surface area contributed by atoms with E-state index in [1.54, 1.807) is 0 Å². The summed E-state index contributed by atoms with van der Waals surface area (Å²) in [5.74, 6) is -2.13. The topological polar surface area (TPSA) is 156 Å². The Morgan fingerprint density at radius 2 is 1.27 bits per heavy atom. The van der Waals surface area contributed by atoms with Gasteiger partial charge in [0.2, 0.25) is 0 Å². The van der Waals surface area contributed by atoms with Gasteiger partial charge in [0, 0.05) is 0 Å². The summed E-state index contributed by atoms with van der Waals surface area (Å²) in [6.07, 6.45) is -0.852. The van der Waals surface area contributed by atoms with Crippen LogP contribution in [0.25, 0.3) is 0 Å². The molecule has 0 aromatic heterocycles. The molecule has 0 fully saturated rings. The van der Waals surface area contributed by atoms with Crippen molar-refractivity contribution in [2.75, 3.05) is 6.61 Å². The van der Waals surface area contributed by atoms with Crippen LogP contribution < -0.4 is 0 Å². The molecule has 1 rings (SSSR count). The largest absolute Gasteiger partial charge is 0.478 e. The first-order valence-corrected chi connectivity index (χ1v) is 6.49. The van der Waals surface area contributed by atoms with Crippen LogP contribution in [0.2, 0.25) is 0 Å². The monoisotopic (exact) mass is 316 g/mol. The summed E-state index contributed by atoms with van der Waals surface area (Å²) in [5, 5.41) is 50.7. The average Bonchev–Trinajstić information content (AvgIpc) is 2.47. The maximum atomic E-state index is 10.3. The fraction of sp³-hybridized carbons (Fsp3) is 0.429. The lowest BCUT2D eigenvalue weighted by atomic mass is 10.1. The molecule has 1 unspecified atom stereocenters. The molecule has 6 N–H and O–H groups in total. The van der Waals surface area contributed by atoms with E-state index in [1.807, 2.05) is 0 Å². The van der Waals surface area contributed by atoms with Crippen LogP contribution in [0.4, 0.5) is 0 Å². The highest BCUT2D eigenvalue weighted by molar-refractivity contribution is 5.91. The minimum Gasteiger partial charge on any atom is -0.478 e. The minimum absolute atomic E-state index is 0.0833. The molecule has 1 aromatic carbocycles. The number of aromatic carboxylic acids is 2. The molecule has 0 bridgehead atoms. The zero-order chi connectivity index (χ0) is 17.1. The molecule has 8 nitrogen and oxygen atoms in total. The lowest BCUT2D eigenvalue weighted by Crippen LogP contribution is -2.13. The van der Waals surface area contributed by atoms with Gasteiger partial charge in [-0.3, -0.25) is 0 Å². The predicted octanol–water partition coefficient (Wildman–Crippen LogP) is -0.0964. The van der Waals surface area contributed by atoms with Gasteiger partial charge in [-0.1, -0.05) is 0 Å². The lowest BCUT2D eigenvalue weighted by Gasteiger charge is -2.06. The molecule has 0 aliphatic rings. The smallest absolute Gasteiger partial charge is 0.335 e. The molecule has 0 heterocycles. The number of rotatable bonds is 7. The van der Waals surface area contributed by atoms with Crippen LogP contribution >= 0.6 is 0 Å². The molecule has 0 amide bonds. The summed E-state index contributed by atoms with van der Waals surface area (Å²) in [4.78, 5) is 20.7. The molecule has 1 atom stereocenters. The molecule has 22 heavy (non-hydrogen) atoms. The predicted molar refractivity (Wildman–Crippen MR) is 75.5 cm³/mol. The number of hydrogen-bond acceptors (Lipinski definition) is 6. The number of aliphatic hydroxyl groups excluding tert-OH is 3. The molecular formula is C14H20O8. The Labute approximate surface area is 126 Å². The van der Waals surface area contributed by atoms with Gasteiger partial charge in [0.05, 0.1) is 23.8 Å². The van der Waals surface area contributed by atoms with Crippen molar-refractivity contribution in [1.82, 2.24) is 0 Å². The van der Waals surface area contributed by atoms with Gasteiger partial charge in [-0.2, -0.15) is 0 Å². The van der Waals surface area contributed by atoms with Crippen LogP contribution in [0.5, 0.6) is 0 Å². The third-order valence-corrected chi connectivity index (χ3v) is 2.59. The Kier molecular flexibility index (Phi) is 9.72. The van der Waals surface area contributed by atoms with Crippen LogP contribution in [-0.4, -0.2) is 61.6 Å². The zero-order valence-corrected chi connectivity index (χ0v) is 11.8. The van der Waals surface area contributed by atoms with Crippen LogP contribution in [0, 0.1) is 0 Å². The van der Waals surface area contributed by atoms with Crippen molar-refractivity contribution in [3.63, 3.8) is 0 Å². The van der Waals surface area contributed by atoms with Crippen LogP contribution in [0.1, 0.15) is 40.0 Å². The maximum Gasteiger partial charge on any atom is 0.335 e. The van der Waals surface area contributed by atoms with E-state index >= 15 is 0 Å². The summed E-state index contributed by atoms with van der Waals surface area (Å²) in [6.45, 7) is -0.262. The Morgan fingerprint density at radius 1 is 0.864 bits per heavy atom. The molecule has 124 valence electrons. The standard InChI is InChI=1S/C8H6O4.C6H14O4/c9-7(10)5-1-2-6(4-3-5)8(11)12;7-4-5(8)2-1-3-6(9)10/h1-4H,(H,9,10)(H,11,12);5-10H,1-4H2. The molecule has 0 radical (unpaired) electrons. The highest BCUT2D eigenvalue weighted by atomic mass is 16.5. The third-order valence-electron chi connectivity index (χ3n) is 2.59. The van der Waals surface area contributed by atoms with E-state index in [2.05, 4.69) is 0 Å². The van der Waals surface area contributed by atoms with Gasteiger partial charge in [0.1, 0.15) is 0 Å². The molecule has 0 aliphatic heterocycles. The van der Waals surface area contributed by atoms with E-state index in [-0.39, 0.29) is 24.2 Å². The summed E-state index contributed by atoms with van der Waals surface area (Å²) < 4.78 is 0. The van der Waals surface area contributed by atoms with Crippen molar-refractivity contribution in [3.05, 3.63) is 35.4 Å². The maximum absolute atomic E-state index is 10.3.